The number of benzene rings is 2. The van der Waals surface area contributed by atoms with Gasteiger partial charge in [-0.2, -0.15) is 0 Å². The van der Waals surface area contributed by atoms with E-state index in [1.807, 2.05) is 25.1 Å². The number of pyridine rings is 1. The van der Waals surface area contributed by atoms with E-state index in [-0.39, 0.29) is 17.6 Å². The topological polar surface area (TPSA) is 131 Å². The van der Waals surface area contributed by atoms with Gasteiger partial charge in [-0.15, -0.1) is 5.10 Å². The summed E-state index contributed by atoms with van der Waals surface area (Å²) in [6.45, 7) is 2.60. The SMILES string of the molecule is CCn1cnc(NC(=O)c2ccc3nc(-c4cc(-c5cccnc5OC)ccc4O)[nH]c3c2)n1. The zero-order valence-corrected chi connectivity index (χ0v) is 18.5. The molecular weight excluding hydrogens is 434 g/mol. The van der Waals surface area contributed by atoms with Crippen LogP contribution in [0.4, 0.5) is 5.95 Å². The molecule has 10 heteroatoms. The molecule has 0 aliphatic heterocycles. The number of carbonyl (C=O) groups is 1. The molecule has 0 fully saturated rings. The van der Waals surface area contributed by atoms with Gasteiger partial charge in [0.05, 0.1) is 23.7 Å². The molecule has 0 saturated heterocycles. The Kier molecular flexibility index (Phi) is 5.38. The highest BCUT2D eigenvalue weighted by atomic mass is 16.5. The highest BCUT2D eigenvalue weighted by molar-refractivity contribution is 6.05. The van der Waals surface area contributed by atoms with Crippen LogP contribution >= 0.6 is 0 Å². The average Bonchev–Trinajstić information content (AvgIpc) is 3.50. The summed E-state index contributed by atoms with van der Waals surface area (Å²) in [4.78, 5) is 28.8. The van der Waals surface area contributed by atoms with Crippen LogP contribution in [0, 0.1) is 0 Å². The van der Waals surface area contributed by atoms with E-state index in [9.17, 15) is 9.90 Å². The van der Waals surface area contributed by atoms with Gasteiger partial charge in [0, 0.05) is 23.9 Å². The number of fused-ring (bicyclic) bond motifs is 1. The number of ether oxygens (including phenoxy) is 1. The molecule has 34 heavy (non-hydrogen) atoms. The summed E-state index contributed by atoms with van der Waals surface area (Å²) in [7, 11) is 1.56. The van der Waals surface area contributed by atoms with Crippen LogP contribution in [0.1, 0.15) is 17.3 Å². The number of hydrogen-bond donors (Lipinski definition) is 3. The number of H-pyrrole nitrogens is 1. The second-order valence-corrected chi connectivity index (χ2v) is 7.49. The first kappa shape index (κ1) is 21.1. The number of hydrogen-bond acceptors (Lipinski definition) is 7. The lowest BCUT2D eigenvalue weighted by Crippen LogP contribution is -2.13. The Morgan fingerprint density at radius 1 is 1.15 bits per heavy atom. The summed E-state index contributed by atoms with van der Waals surface area (Å²) in [6.07, 6.45) is 3.21. The van der Waals surface area contributed by atoms with Gasteiger partial charge < -0.3 is 14.8 Å². The Balaban J connectivity index is 1.47. The molecule has 0 aliphatic carbocycles. The van der Waals surface area contributed by atoms with Crippen molar-refractivity contribution in [3.8, 4) is 34.1 Å². The summed E-state index contributed by atoms with van der Waals surface area (Å²) in [5.41, 5.74) is 3.86. The van der Waals surface area contributed by atoms with Crippen molar-refractivity contribution in [2.24, 2.45) is 0 Å². The molecule has 5 aromatic rings. The monoisotopic (exact) mass is 455 g/mol. The van der Waals surface area contributed by atoms with E-state index >= 15 is 0 Å². The third-order valence-electron chi connectivity index (χ3n) is 5.36. The van der Waals surface area contributed by atoms with E-state index in [2.05, 4.69) is 30.4 Å². The van der Waals surface area contributed by atoms with Crippen LogP contribution < -0.4 is 10.1 Å². The smallest absolute Gasteiger partial charge is 0.258 e. The number of imidazole rings is 1. The minimum Gasteiger partial charge on any atom is -0.507 e. The number of aromatic amines is 1. The first-order valence-electron chi connectivity index (χ1n) is 10.6. The second-order valence-electron chi connectivity index (χ2n) is 7.49. The number of phenols is 1. The lowest BCUT2D eigenvalue weighted by Gasteiger charge is -2.09. The van der Waals surface area contributed by atoms with Crippen LogP contribution in [0.15, 0.2) is 61.1 Å². The molecule has 1 amide bonds. The maximum atomic E-state index is 12.7. The van der Waals surface area contributed by atoms with Gasteiger partial charge >= 0.3 is 0 Å². The van der Waals surface area contributed by atoms with E-state index in [0.29, 0.717) is 40.4 Å². The molecule has 170 valence electrons. The Morgan fingerprint density at radius 3 is 2.82 bits per heavy atom. The van der Waals surface area contributed by atoms with Gasteiger partial charge in [-0.1, -0.05) is 6.07 Å². The summed E-state index contributed by atoms with van der Waals surface area (Å²) in [5, 5.41) is 17.4. The number of anilines is 1. The highest BCUT2D eigenvalue weighted by Crippen LogP contribution is 2.35. The van der Waals surface area contributed by atoms with Gasteiger partial charge in [0.2, 0.25) is 11.8 Å². The molecule has 0 saturated carbocycles. The number of rotatable bonds is 6. The summed E-state index contributed by atoms with van der Waals surface area (Å²) < 4.78 is 6.99. The van der Waals surface area contributed by atoms with Crippen molar-refractivity contribution in [1.82, 2.24) is 29.7 Å². The van der Waals surface area contributed by atoms with E-state index in [4.69, 9.17) is 4.74 Å². The lowest BCUT2D eigenvalue weighted by atomic mass is 10.0. The van der Waals surface area contributed by atoms with Gasteiger partial charge in [0.15, 0.2) is 0 Å². The van der Waals surface area contributed by atoms with Crippen LogP contribution in [0.5, 0.6) is 11.6 Å². The van der Waals surface area contributed by atoms with Gasteiger partial charge in [-0.3, -0.25) is 14.8 Å². The first-order valence-corrected chi connectivity index (χ1v) is 10.6. The number of aromatic hydroxyl groups is 1. The van der Waals surface area contributed by atoms with Crippen molar-refractivity contribution in [3.63, 3.8) is 0 Å². The van der Waals surface area contributed by atoms with E-state index in [1.54, 1.807) is 54.6 Å². The maximum Gasteiger partial charge on any atom is 0.258 e. The Bertz CT molecular complexity index is 1510. The minimum atomic E-state index is -0.333. The van der Waals surface area contributed by atoms with Crippen molar-refractivity contribution in [3.05, 3.63) is 66.6 Å². The average molecular weight is 455 g/mol. The normalized spacial score (nSPS) is 11.0. The quantitative estimate of drug-likeness (QED) is 0.354. The predicted octanol–water partition coefficient (Wildman–Crippen LogP) is 3.87. The van der Waals surface area contributed by atoms with Crippen molar-refractivity contribution >= 4 is 22.9 Å². The number of aryl methyl sites for hydroxylation is 1. The molecular formula is C24H21N7O3. The molecule has 3 aromatic heterocycles. The van der Waals surface area contributed by atoms with Crippen molar-refractivity contribution in [2.75, 3.05) is 12.4 Å². The number of carbonyl (C=O) groups excluding carboxylic acids is 1. The standard InChI is InChI=1S/C24H21N7O3/c1-3-31-13-26-24(30-31)29-22(33)15-6-8-18-19(12-15)28-21(27-18)17-11-14(7-9-20(17)32)16-5-4-10-25-23(16)34-2/h4-13,32H,3H2,1-2H3,(H,27,28)(H,29,30,33). The van der Waals surface area contributed by atoms with Crippen LogP contribution in [-0.2, 0) is 6.54 Å². The van der Waals surface area contributed by atoms with Crippen LogP contribution in [0.25, 0.3) is 33.5 Å². The minimum absolute atomic E-state index is 0.0706. The summed E-state index contributed by atoms with van der Waals surface area (Å²) in [5.74, 6) is 0.933. The lowest BCUT2D eigenvalue weighted by molar-refractivity contribution is 0.102. The summed E-state index contributed by atoms with van der Waals surface area (Å²) in [6, 6.07) is 14.0. The predicted molar refractivity (Wildman–Crippen MR) is 127 cm³/mol. The number of nitrogens with zero attached hydrogens (tertiary/aromatic N) is 5. The third kappa shape index (κ3) is 3.92. The van der Waals surface area contributed by atoms with Gasteiger partial charge in [-0.05, 0) is 55.0 Å². The number of phenolic OH excluding ortho intramolecular Hbond substituents is 1. The molecule has 0 unspecified atom stereocenters. The van der Waals surface area contributed by atoms with Crippen LogP contribution in [0.3, 0.4) is 0 Å². The number of amides is 1. The molecule has 0 atom stereocenters. The Labute approximate surface area is 194 Å². The fraction of sp³-hybridized carbons (Fsp3) is 0.125. The third-order valence-corrected chi connectivity index (χ3v) is 5.36. The van der Waals surface area contributed by atoms with Gasteiger partial charge in [-0.25, -0.2) is 15.0 Å². The highest BCUT2D eigenvalue weighted by Gasteiger charge is 2.15. The molecule has 0 aliphatic rings. The Morgan fingerprint density at radius 2 is 2.03 bits per heavy atom. The molecule has 5 rings (SSSR count). The van der Waals surface area contributed by atoms with E-state index < -0.39 is 0 Å². The molecule has 2 aromatic carbocycles. The van der Waals surface area contributed by atoms with Crippen LogP contribution in [-0.4, -0.2) is 47.8 Å². The zero-order valence-electron chi connectivity index (χ0n) is 18.5. The molecule has 3 heterocycles. The second kappa shape index (κ2) is 8.66. The van der Waals surface area contributed by atoms with Crippen molar-refractivity contribution in [1.29, 1.82) is 0 Å². The fourth-order valence-corrected chi connectivity index (χ4v) is 3.62. The fourth-order valence-electron chi connectivity index (χ4n) is 3.62. The molecule has 0 spiro atoms. The number of methoxy groups -OCH3 is 1. The van der Waals surface area contributed by atoms with E-state index in [1.165, 1.54) is 0 Å². The molecule has 0 bridgehead atoms. The van der Waals surface area contributed by atoms with E-state index in [0.717, 1.165) is 11.1 Å². The molecule has 3 N–H and O–H groups in total. The van der Waals surface area contributed by atoms with Crippen molar-refractivity contribution < 1.29 is 14.6 Å². The summed E-state index contributed by atoms with van der Waals surface area (Å²) >= 11 is 0. The van der Waals surface area contributed by atoms with Gasteiger partial charge in [0.25, 0.3) is 5.91 Å². The van der Waals surface area contributed by atoms with Gasteiger partial charge in [0.1, 0.15) is 17.9 Å². The molecule has 10 nitrogen and oxygen atoms in total. The number of nitrogens with one attached hydrogen (secondary N) is 2. The van der Waals surface area contributed by atoms with Crippen LogP contribution in [0.2, 0.25) is 0 Å². The maximum absolute atomic E-state index is 12.7. The first-order chi connectivity index (χ1) is 16.6. The zero-order chi connectivity index (χ0) is 23.7. The number of aromatic nitrogens is 6. The Hall–Kier alpha value is -4.73. The van der Waals surface area contributed by atoms with Crippen molar-refractivity contribution in [2.45, 2.75) is 13.5 Å². The largest absolute Gasteiger partial charge is 0.507 e. The molecule has 0 radical (unpaired) electrons.